The van der Waals surface area contributed by atoms with Crippen molar-refractivity contribution in [2.24, 2.45) is 0 Å². The van der Waals surface area contributed by atoms with Gasteiger partial charge in [-0.25, -0.2) is 8.42 Å². The number of carbonyl (C=O) groups is 1. The van der Waals surface area contributed by atoms with E-state index < -0.39 is 15.7 Å². The van der Waals surface area contributed by atoms with E-state index in [4.69, 9.17) is 23.2 Å². The molecule has 0 radical (unpaired) electrons. The number of phenols is 1. The van der Waals surface area contributed by atoms with Crippen molar-refractivity contribution in [2.75, 3.05) is 11.1 Å². The summed E-state index contributed by atoms with van der Waals surface area (Å²) in [5, 5.41) is 14.0. The van der Waals surface area contributed by atoms with Gasteiger partial charge in [0.25, 0.3) is 5.91 Å². The van der Waals surface area contributed by atoms with E-state index in [1.54, 1.807) is 18.2 Å². The van der Waals surface area contributed by atoms with E-state index in [0.717, 1.165) is 16.0 Å². The summed E-state index contributed by atoms with van der Waals surface area (Å²) >= 11 is 13.4. The van der Waals surface area contributed by atoms with Crippen LogP contribution in [0.15, 0.2) is 41.3 Å². The van der Waals surface area contributed by atoms with Gasteiger partial charge in [-0.05, 0) is 30.3 Å². The SMILES string of the molecule is CCS(=O)(=O)c1ccc(O)c(NC(=O)c2sc3cc(Cl)ccc3c2Cl)c1. The molecule has 3 aromatic rings. The van der Waals surface area contributed by atoms with Crippen LogP contribution >= 0.6 is 34.5 Å². The number of rotatable bonds is 4. The fraction of sp³-hybridized carbons (Fsp3) is 0.118. The average Bonchev–Trinajstić information content (AvgIpc) is 2.92. The van der Waals surface area contributed by atoms with Gasteiger partial charge >= 0.3 is 0 Å². The van der Waals surface area contributed by atoms with E-state index in [9.17, 15) is 18.3 Å². The molecule has 0 spiro atoms. The summed E-state index contributed by atoms with van der Waals surface area (Å²) in [5.41, 5.74) is -0.00363. The number of amides is 1. The molecule has 3 rings (SSSR count). The van der Waals surface area contributed by atoms with E-state index in [2.05, 4.69) is 5.32 Å². The van der Waals surface area contributed by atoms with Crippen LogP contribution in [0.5, 0.6) is 5.75 Å². The molecule has 0 aliphatic rings. The lowest BCUT2D eigenvalue weighted by Crippen LogP contribution is -2.12. The van der Waals surface area contributed by atoms with Gasteiger partial charge in [0.05, 0.1) is 21.4 Å². The number of nitrogens with one attached hydrogen (secondary N) is 1. The molecule has 0 saturated heterocycles. The van der Waals surface area contributed by atoms with Crippen LogP contribution in [-0.4, -0.2) is 25.2 Å². The summed E-state index contributed by atoms with van der Waals surface area (Å²) in [7, 11) is -3.47. The maximum atomic E-state index is 12.6. The first kappa shape index (κ1) is 19.0. The van der Waals surface area contributed by atoms with E-state index in [-0.39, 0.29) is 32.0 Å². The van der Waals surface area contributed by atoms with Crippen molar-refractivity contribution in [2.45, 2.75) is 11.8 Å². The van der Waals surface area contributed by atoms with Gasteiger partial charge in [-0.2, -0.15) is 0 Å². The number of benzene rings is 2. The third kappa shape index (κ3) is 3.53. The Labute approximate surface area is 164 Å². The van der Waals surface area contributed by atoms with Crippen LogP contribution in [0.4, 0.5) is 5.69 Å². The van der Waals surface area contributed by atoms with E-state index in [1.807, 2.05) is 0 Å². The van der Waals surface area contributed by atoms with E-state index in [1.165, 1.54) is 25.1 Å². The summed E-state index contributed by atoms with van der Waals surface area (Å²) in [6.45, 7) is 1.52. The topological polar surface area (TPSA) is 83.5 Å². The number of aromatic hydroxyl groups is 1. The Bertz CT molecular complexity index is 1120. The fourth-order valence-electron chi connectivity index (χ4n) is 2.34. The molecule has 0 unspecified atom stereocenters. The quantitative estimate of drug-likeness (QED) is 0.573. The molecule has 0 saturated carbocycles. The van der Waals surface area contributed by atoms with E-state index >= 15 is 0 Å². The fourth-order valence-corrected chi connectivity index (χ4v) is 4.93. The summed E-state index contributed by atoms with van der Waals surface area (Å²) in [5.74, 6) is -0.879. The molecule has 0 atom stereocenters. The molecule has 0 fully saturated rings. The minimum absolute atomic E-state index is 0.00363. The zero-order valence-corrected chi connectivity index (χ0v) is 16.6. The van der Waals surface area contributed by atoms with Crippen LogP contribution in [-0.2, 0) is 9.84 Å². The third-order valence-electron chi connectivity index (χ3n) is 3.75. The van der Waals surface area contributed by atoms with Crippen molar-refractivity contribution in [1.29, 1.82) is 0 Å². The average molecular weight is 430 g/mol. The monoisotopic (exact) mass is 429 g/mol. The first-order valence-electron chi connectivity index (χ1n) is 7.47. The highest BCUT2D eigenvalue weighted by Gasteiger charge is 2.20. The summed E-state index contributed by atoms with van der Waals surface area (Å²) in [6, 6.07) is 8.84. The molecule has 2 N–H and O–H groups in total. The molecular formula is C17H13Cl2NO4S2. The second kappa shape index (κ2) is 7.08. The van der Waals surface area contributed by atoms with Crippen molar-refractivity contribution in [1.82, 2.24) is 0 Å². The Kier molecular flexibility index (Phi) is 5.16. The number of anilines is 1. The van der Waals surface area contributed by atoms with Crippen LogP contribution in [0.1, 0.15) is 16.6 Å². The number of carbonyl (C=O) groups excluding carboxylic acids is 1. The lowest BCUT2D eigenvalue weighted by atomic mass is 10.2. The zero-order chi connectivity index (χ0) is 19.1. The Balaban J connectivity index is 1.98. The number of fused-ring (bicyclic) bond motifs is 1. The van der Waals surface area contributed by atoms with Gasteiger partial charge in [-0.15, -0.1) is 11.3 Å². The Morgan fingerprint density at radius 1 is 1.19 bits per heavy atom. The Hall–Kier alpha value is -1.80. The molecule has 2 aromatic carbocycles. The number of sulfone groups is 1. The van der Waals surface area contributed by atoms with Gasteiger partial charge in [-0.3, -0.25) is 4.79 Å². The molecule has 1 heterocycles. The summed E-state index contributed by atoms with van der Waals surface area (Å²) in [4.78, 5) is 12.9. The number of phenolic OH excluding ortho intramolecular Hbond substituents is 1. The standard InChI is InChI=1S/C17H13Cl2NO4S2/c1-2-26(23,24)10-4-6-13(21)12(8-10)20-17(22)16-15(19)11-5-3-9(18)7-14(11)25-16/h3-8,21H,2H2,1H3,(H,20,22). The molecule has 26 heavy (non-hydrogen) atoms. The highest BCUT2D eigenvalue weighted by atomic mass is 35.5. The molecular weight excluding hydrogens is 417 g/mol. The number of hydrogen-bond donors (Lipinski definition) is 2. The minimum Gasteiger partial charge on any atom is -0.506 e. The molecule has 0 aliphatic carbocycles. The van der Waals surface area contributed by atoms with Gasteiger partial charge in [0.1, 0.15) is 10.6 Å². The molecule has 5 nitrogen and oxygen atoms in total. The number of thiophene rings is 1. The zero-order valence-electron chi connectivity index (χ0n) is 13.4. The van der Waals surface area contributed by atoms with Crippen molar-refractivity contribution in [3.05, 3.63) is 51.3 Å². The normalized spacial score (nSPS) is 11.7. The van der Waals surface area contributed by atoms with Crippen LogP contribution in [0.3, 0.4) is 0 Å². The smallest absolute Gasteiger partial charge is 0.267 e. The van der Waals surface area contributed by atoms with Crippen molar-refractivity contribution in [3.63, 3.8) is 0 Å². The van der Waals surface area contributed by atoms with Crippen molar-refractivity contribution < 1.29 is 18.3 Å². The van der Waals surface area contributed by atoms with Crippen LogP contribution in [0, 0.1) is 0 Å². The molecule has 9 heteroatoms. The van der Waals surface area contributed by atoms with Gasteiger partial charge in [0, 0.05) is 15.1 Å². The summed E-state index contributed by atoms with van der Waals surface area (Å²) < 4.78 is 24.7. The molecule has 0 aliphatic heterocycles. The lowest BCUT2D eigenvalue weighted by Gasteiger charge is -2.09. The van der Waals surface area contributed by atoms with Crippen molar-refractivity contribution in [3.8, 4) is 5.75 Å². The third-order valence-corrected chi connectivity index (χ3v) is 7.38. The largest absolute Gasteiger partial charge is 0.506 e. The van der Waals surface area contributed by atoms with Crippen LogP contribution in [0.2, 0.25) is 10.0 Å². The Morgan fingerprint density at radius 3 is 2.62 bits per heavy atom. The van der Waals surface area contributed by atoms with Gasteiger partial charge in [0.2, 0.25) is 0 Å². The van der Waals surface area contributed by atoms with Gasteiger partial charge in [-0.1, -0.05) is 36.2 Å². The highest BCUT2D eigenvalue weighted by molar-refractivity contribution is 7.91. The molecule has 0 bridgehead atoms. The maximum absolute atomic E-state index is 12.6. The Morgan fingerprint density at radius 2 is 1.92 bits per heavy atom. The lowest BCUT2D eigenvalue weighted by molar-refractivity contribution is 0.103. The van der Waals surface area contributed by atoms with E-state index in [0.29, 0.717) is 10.4 Å². The summed E-state index contributed by atoms with van der Waals surface area (Å²) in [6.07, 6.45) is 0. The maximum Gasteiger partial charge on any atom is 0.267 e. The predicted molar refractivity (Wildman–Crippen MR) is 106 cm³/mol. The molecule has 136 valence electrons. The second-order valence-electron chi connectivity index (χ2n) is 5.42. The minimum atomic E-state index is -3.47. The first-order valence-corrected chi connectivity index (χ1v) is 10.7. The van der Waals surface area contributed by atoms with Crippen LogP contribution in [0.25, 0.3) is 10.1 Å². The number of hydrogen-bond acceptors (Lipinski definition) is 5. The van der Waals surface area contributed by atoms with Gasteiger partial charge < -0.3 is 10.4 Å². The van der Waals surface area contributed by atoms with Crippen LogP contribution < -0.4 is 5.32 Å². The first-order chi connectivity index (χ1) is 12.2. The highest BCUT2D eigenvalue weighted by Crippen LogP contribution is 2.37. The van der Waals surface area contributed by atoms with Crippen molar-refractivity contribution >= 4 is 66.1 Å². The number of halogens is 2. The predicted octanol–water partition coefficient (Wildman–Crippen LogP) is 4.96. The van der Waals surface area contributed by atoms with Gasteiger partial charge in [0.15, 0.2) is 9.84 Å². The molecule has 1 aromatic heterocycles. The molecule has 1 amide bonds. The second-order valence-corrected chi connectivity index (χ2v) is 9.57.